The number of pyridine rings is 1. The van der Waals surface area contributed by atoms with Crippen LogP contribution in [-0.4, -0.2) is 28.7 Å². The molecule has 1 aliphatic heterocycles. The topological polar surface area (TPSA) is 93.8 Å². The summed E-state index contributed by atoms with van der Waals surface area (Å²) < 4.78 is 10.4. The zero-order valence-electron chi connectivity index (χ0n) is 20.3. The second-order valence-electron chi connectivity index (χ2n) is 8.98. The van der Waals surface area contributed by atoms with Crippen molar-refractivity contribution in [3.8, 4) is 11.1 Å². The van der Waals surface area contributed by atoms with E-state index in [0.717, 1.165) is 33.5 Å². The third-order valence-corrected chi connectivity index (χ3v) is 6.15. The molecule has 0 radical (unpaired) electrons. The maximum Gasteiger partial charge on any atom is 0.310 e. The summed E-state index contributed by atoms with van der Waals surface area (Å²) in [6, 6.07) is 18.4. The van der Waals surface area contributed by atoms with Crippen molar-refractivity contribution in [3.63, 3.8) is 0 Å². The quantitative estimate of drug-likeness (QED) is 0.288. The van der Waals surface area contributed by atoms with Crippen LogP contribution in [0.1, 0.15) is 41.1 Å². The summed E-state index contributed by atoms with van der Waals surface area (Å²) in [5, 5.41) is 3.36. The first-order chi connectivity index (χ1) is 17.9. The molecule has 0 bridgehead atoms. The standard InChI is InChI=1S/C29H24ClN3O4/c1-17(2)37-27(34)12-18-5-7-19(8-6-18)21-13-20-14-25(33-28(20)31-16-21)23-15-22(9-10-24(23)30)32-29(35)26-4-3-11-36-26/h3-11,13,15-17H,12,14H2,1-2H3,(H,32,35). The number of halogens is 1. The number of nitrogens with zero attached hydrogens (tertiary/aromatic N) is 2. The fourth-order valence-electron chi connectivity index (χ4n) is 4.11. The minimum absolute atomic E-state index is 0.130. The lowest BCUT2D eigenvalue weighted by atomic mass is 10.0. The normalized spacial score (nSPS) is 12.3. The van der Waals surface area contributed by atoms with E-state index in [1.54, 1.807) is 36.5 Å². The van der Waals surface area contributed by atoms with E-state index in [1.165, 1.54) is 6.26 Å². The van der Waals surface area contributed by atoms with Gasteiger partial charge in [0.15, 0.2) is 11.6 Å². The Kier molecular flexibility index (Phi) is 6.88. The lowest BCUT2D eigenvalue weighted by Gasteiger charge is -2.09. The molecule has 1 N–H and O–H groups in total. The van der Waals surface area contributed by atoms with Crippen LogP contribution >= 0.6 is 11.6 Å². The van der Waals surface area contributed by atoms with Crippen molar-refractivity contribution in [2.24, 2.45) is 4.99 Å². The predicted octanol–water partition coefficient (Wildman–Crippen LogP) is 6.42. The highest BCUT2D eigenvalue weighted by molar-refractivity contribution is 6.34. The fraction of sp³-hybridized carbons (Fsp3) is 0.172. The highest BCUT2D eigenvalue weighted by Crippen LogP contribution is 2.33. The number of nitrogens with one attached hydrogen (secondary N) is 1. The summed E-state index contributed by atoms with van der Waals surface area (Å²) in [6.07, 6.45) is 3.90. The van der Waals surface area contributed by atoms with Crippen molar-refractivity contribution >= 4 is 40.7 Å². The summed E-state index contributed by atoms with van der Waals surface area (Å²) in [5.41, 5.74) is 5.92. The van der Waals surface area contributed by atoms with E-state index in [9.17, 15) is 9.59 Å². The third-order valence-electron chi connectivity index (χ3n) is 5.82. The Bertz CT molecular complexity index is 1490. The van der Waals surface area contributed by atoms with Crippen LogP contribution < -0.4 is 5.32 Å². The van der Waals surface area contributed by atoms with Gasteiger partial charge in [-0.3, -0.25) is 9.59 Å². The molecule has 186 valence electrons. The zero-order valence-corrected chi connectivity index (χ0v) is 21.1. The minimum Gasteiger partial charge on any atom is -0.463 e. The number of ether oxygens (including phenoxy) is 1. The van der Waals surface area contributed by atoms with E-state index in [4.69, 9.17) is 25.7 Å². The molecule has 4 aromatic rings. The molecule has 0 aliphatic carbocycles. The number of carbonyl (C=O) groups excluding carboxylic acids is 2. The zero-order chi connectivity index (χ0) is 25.9. The number of furan rings is 1. The molecule has 5 rings (SSSR count). The number of benzene rings is 2. The monoisotopic (exact) mass is 513 g/mol. The van der Waals surface area contributed by atoms with Crippen LogP contribution in [0.4, 0.5) is 11.5 Å². The van der Waals surface area contributed by atoms with Crippen LogP contribution in [0.3, 0.4) is 0 Å². The maximum atomic E-state index is 12.4. The van der Waals surface area contributed by atoms with Crippen molar-refractivity contribution in [1.29, 1.82) is 0 Å². The Morgan fingerprint density at radius 1 is 1.08 bits per heavy atom. The summed E-state index contributed by atoms with van der Waals surface area (Å²) in [7, 11) is 0. The van der Waals surface area contributed by atoms with Gasteiger partial charge in [-0.2, -0.15) is 0 Å². The third kappa shape index (κ3) is 5.62. The van der Waals surface area contributed by atoms with Crippen LogP contribution in [0, 0.1) is 0 Å². The molecule has 0 unspecified atom stereocenters. The summed E-state index contributed by atoms with van der Waals surface area (Å²) in [4.78, 5) is 33.5. The average Bonchev–Trinajstić information content (AvgIpc) is 3.55. The van der Waals surface area contributed by atoms with Gasteiger partial charge in [-0.1, -0.05) is 35.9 Å². The first-order valence-corrected chi connectivity index (χ1v) is 12.2. The number of esters is 1. The van der Waals surface area contributed by atoms with Gasteiger partial charge in [-0.05, 0) is 61.4 Å². The van der Waals surface area contributed by atoms with Gasteiger partial charge in [0, 0.05) is 40.0 Å². The Balaban J connectivity index is 1.30. The minimum atomic E-state index is -0.343. The Labute approximate surface area is 219 Å². The summed E-state index contributed by atoms with van der Waals surface area (Å²) >= 11 is 6.50. The molecule has 0 saturated carbocycles. The van der Waals surface area contributed by atoms with Crippen LogP contribution in [0.25, 0.3) is 11.1 Å². The first kappa shape index (κ1) is 24.5. The molecule has 1 amide bonds. The van der Waals surface area contributed by atoms with Crippen LogP contribution in [0.2, 0.25) is 5.02 Å². The Hall–Kier alpha value is -4.23. The number of aromatic nitrogens is 1. The first-order valence-electron chi connectivity index (χ1n) is 11.9. The molecule has 37 heavy (non-hydrogen) atoms. The Morgan fingerprint density at radius 2 is 1.89 bits per heavy atom. The number of rotatable bonds is 7. The average molecular weight is 514 g/mol. The SMILES string of the molecule is CC(C)OC(=O)Cc1ccc(-c2cnc3c(c2)CC(c2cc(NC(=O)c4ccco4)ccc2Cl)=N3)cc1. The number of carbonyl (C=O) groups is 2. The second kappa shape index (κ2) is 10.4. The lowest BCUT2D eigenvalue weighted by molar-refractivity contribution is -0.146. The number of amides is 1. The molecule has 2 aromatic heterocycles. The van der Waals surface area contributed by atoms with E-state index in [2.05, 4.69) is 16.4 Å². The van der Waals surface area contributed by atoms with Gasteiger partial charge in [-0.25, -0.2) is 9.98 Å². The number of hydrogen-bond acceptors (Lipinski definition) is 6. The largest absolute Gasteiger partial charge is 0.463 e. The van der Waals surface area contributed by atoms with Crippen LogP contribution in [-0.2, 0) is 22.4 Å². The van der Waals surface area contributed by atoms with E-state index >= 15 is 0 Å². The lowest BCUT2D eigenvalue weighted by Crippen LogP contribution is -2.13. The molecular formula is C29H24ClN3O4. The van der Waals surface area contributed by atoms with Gasteiger partial charge in [0.25, 0.3) is 5.91 Å². The van der Waals surface area contributed by atoms with Crippen molar-refractivity contribution in [1.82, 2.24) is 4.98 Å². The van der Waals surface area contributed by atoms with Crippen LogP contribution in [0.5, 0.6) is 0 Å². The summed E-state index contributed by atoms with van der Waals surface area (Å²) in [5.74, 6) is 0.286. The Morgan fingerprint density at radius 3 is 2.62 bits per heavy atom. The van der Waals surface area contributed by atoms with Gasteiger partial charge in [0.2, 0.25) is 0 Å². The van der Waals surface area contributed by atoms with Crippen molar-refractivity contribution < 1.29 is 18.7 Å². The van der Waals surface area contributed by atoms with Gasteiger partial charge >= 0.3 is 5.97 Å². The molecule has 3 heterocycles. The molecule has 8 heteroatoms. The smallest absolute Gasteiger partial charge is 0.310 e. The second-order valence-corrected chi connectivity index (χ2v) is 9.39. The maximum absolute atomic E-state index is 12.4. The molecule has 2 aromatic carbocycles. The molecule has 7 nitrogen and oxygen atoms in total. The molecular weight excluding hydrogens is 490 g/mol. The number of aliphatic imine (C=N–C) groups is 1. The highest BCUT2D eigenvalue weighted by atomic mass is 35.5. The van der Waals surface area contributed by atoms with E-state index in [-0.39, 0.29) is 30.2 Å². The van der Waals surface area contributed by atoms with E-state index < -0.39 is 0 Å². The van der Waals surface area contributed by atoms with E-state index in [0.29, 0.717) is 22.9 Å². The number of fused-ring (bicyclic) bond motifs is 1. The van der Waals surface area contributed by atoms with Crippen molar-refractivity contribution in [3.05, 3.63) is 101 Å². The summed E-state index contributed by atoms with van der Waals surface area (Å²) in [6.45, 7) is 3.67. The number of anilines is 1. The van der Waals surface area contributed by atoms with Gasteiger partial charge in [0.05, 0.1) is 24.5 Å². The molecule has 0 saturated heterocycles. The van der Waals surface area contributed by atoms with Gasteiger partial charge < -0.3 is 14.5 Å². The highest BCUT2D eigenvalue weighted by Gasteiger charge is 2.21. The van der Waals surface area contributed by atoms with Gasteiger partial charge in [0.1, 0.15) is 0 Å². The van der Waals surface area contributed by atoms with Gasteiger partial charge in [-0.15, -0.1) is 0 Å². The van der Waals surface area contributed by atoms with Crippen molar-refractivity contribution in [2.75, 3.05) is 5.32 Å². The predicted molar refractivity (Wildman–Crippen MR) is 143 cm³/mol. The number of hydrogen-bond donors (Lipinski definition) is 1. The molecule has 0 atom stereocenters. The molecule has 0 fully saturated rings. The fourth-order valence-corrected chi connectivity index (χ4v) is 4.33. The van der Waals surface area contributed by atoms with Crippen LogP contribution in [0.15, 0.2) is 82.5 Å². The molecule has 0 spiro atoms. The van der Waals surface area contributed by atoms with Crippen molar-refractivity contribution in [2.45, 2.75) is 32.8 Å². The van der Waals surface area contributed by atoms with E-state index in [1.807, 2.05) is 38.1 Å². The molecule has 1 aliphatic rings.